The standard InChI is InChI=1S/C24H25N7O.C21H20N6O2S.C20H19N7O.C20H18N6O2.10H2/c25-22-21(23-29-18-5-1-2-6-19(18)30-23)28-20(15-27-22)16-7-9-17(10-8-16)24(32)26-11-14-31-12-3-4-13-31;22-20-19(21-25-16-5-1-2-6-17(16)26-21)24-18(13-23-20)14-7-9-15(10-8-14)30(28,29)27-11-3-4-12-27;21-19-18(20-25-14-3-1-2-4-15(14)26-20)24-16(12-23-19)13-5-6-17(22-11-13)27-7-9-28-10-8-27;21-18-17(19-25-14-3-1-2-4-15(14)26-19)24-16(11-23-18)12-5-7-13(8-6-12)20(28)22-9-10-27;;;;;;;;;;/h1-2,5-10,15H,3-4,11-14H2,(H2,25,27)(H,26,32)(H,29,30);1-2,5-10,13H,3-4,11-12H2,(H2,22,23)(H,25,26);1-6,11-12H,7-10H2,(H2,21,23)(H,25,26);1-8,11,27H,9-10H2,(H2,21,23)(H,22,28)(H,25,26);10*1H. The van der Waals surface area contributed by atoms with Gasteiger partial charge in [-0.25, -0.2) is 73.2 Å². The summed E-state index contributed by atoms with van der Waals surface area (Å²) >= 11 is 0. The van der Waals surface area contributed by atoms with Crippen LogP contribution < -0.4 is 38.5 Å². The molecule has 33 heteroatoms. The molecule has 3 aliphatic rings. The Labute approximate surface area is 691 Å². The normalized spacial score (nSPS) is 13.7. The van der Waals surface area contributed by atoms with Crippen LogP contribution in [0.15, 0.2) is 218 Å². The number of aromatic amines is 4. The van der Waals surface area contributed by atoms with Crippen molar-refractivity contribution in [3.63, 3.8) is 0 Å². The minimum absolute atomic E-state index is 0. The number of benzene rings is 7. The van der Waals surface area contributed by atoms with Gasteiger partial charge < -0.3 is 73.1 Å². The van der Waals surface area contributed by atoms with Gasteiger partial charge in [-0.05, 0) is 136 Å². The molecule has 0 spiro atoms. The van der Waals surface area contributed by atoms with Crippen molar-refractivity contribution in [3.8, 4) is 91.1 Å². The number of nitrogens with two attached hydrogens (primary N) is 4. The van der Waals surface area contributed by atoms with E-state index in [2.05, 4.69) is 100 Å². The minimum Gasteiger partial charge on any atom is -0.395 e. The molecule has 32 nitrogen and oxygen atoms in total. The molecule has 2 amide bonds. The fraction of sp³-hybridized carbons (Fsp3) is 0.188. The monoisotopic (exact) mass is 1610 g/mol. The fourth-order valence-electron chi connectivity index (χ4n) is 13.8. The van der Waals surface area contributed by atoms with Gasteiger partial charge in [-0.2, -0.15) is 4.31 Å². The molecule has 0 aliphatic carbocycles. The highest BCUT2D eigenvalue weighted by molar-refractivity contribution is 7.89. The lowest BCUT2D eigenvalue weighted by Gasteiger charge is -2.27. The van der Waals surface area contributed by atoms with Crippen LogP contribution in [0.25, 0.3) is 135 Å². The van der Waals surface area contributed by atoms with Crippen LogP contribution in [0.3, 0.4) is 0 Å². The molecule has 614 valence electrons. The van der Waals surface area contributed by atoms with Gasteiger partial charge >= 0.3 is 0 Å². The van der Waals surface area contributed by atoms with Gasteiger partial charge in [0.05, 0.1) is 116 Å². The molecular weight excluding hydrogens is 1510 g/mol. The molecule has 0 saturated carbocycles. The summed E-state index contributed by atoms with van der Waals surface area (Å²) < 4.78 is 32.4. The van der Waals surface area contributed by atoms with Crippen LogP contribution in [0.1, 0.15) is 60.7 Å². The van der Waals surface area contributed by atoms with Crippen molar-refractivity contribution < 1.29 is 42.1 Å². The zero-order valence-corrected chi connectivity index (χ0v) is 64.7. The van der Waals surface area contributed by atoms with E-state index >= 15 is 0 Å². The maximum atomic E-state index is 12.7. The third kappa shape index (κ3) is 17.6. The van der Waals surface area contributed by atoms with Crippen LogP contribution in [-0.4, -0.2) is 198 Å². The first-order chi connectivity index (χ1) is 57.6. The first kappa shape index (κ1) is 77.6. The number of amides is 2. The van der Waals surface area contributed by atoms with Crippen LogP contribution in [-0.2, 0) is 14.8 Å². The van der Waals surface area contributed by atoms with Gasteiger partial charge in [0.2, 0.25) is 10.0 Å². The number of sulfonamides is 1. The highest BCUT2D eigenvalue weighted by Gasteiger charge is 2.28. The SMILES string of the molecule is Nc1ncc(-c2ccc(C(=O)NCCN3CCCC3)cc2)nc1-c1nc2ccccc2[nH]1.Nc1ncc(-c2ccc(C(=O)NCCO)cc2)nc1-c1nc2ccccc2[nH]1.Nc1ncc(-c2ccc(N3CCOCC3)nc2)nc1-c1nc2ccccc2[nH]1.Nc1ncc(-c2ccc(S(=O)(=O)N3CCCC3)cc2)nc1-c1nc2ccccc2[nH]1.[HH].[HH].[HH].[HH].[HH].[HH].[HH].[HH].[HH].[HH]. The van der Waals surface area contributed by atoms with E-state index in [9.17, 15) is 18.0 Å². The Kier molecular flexibility index (Phi) is 23.1. The lowest BCUT2D eigenvalue weighted by atomic mass is 10.1. The number of carbonyl (C=O) groups is 2. The zero-order valence-electron chi connectivity index (χ0n) is 63.9. The zero-order chi connectivity index (χ0) is 81.1. The van der Waals surface area contributed by atoms with Crippen molar-refractivity contribution >= 4 is 95.1 Å². The molecule has 118 heavy (non-hydrogen) atoms. The number of pyridine rings is 1. The number of aromatic nitrogens is 17. The smallest absolute Gasteiger partial charge is 0.251 e. The molecule has 3 fully saturated rings. The molecule has 9 aromatic heterocycles. The van der Waals surface area contributed by atoms with Crippen LogP contribution in [0.5, 0.6) is 0 Å². The number of morpholine rings is 1. The number of aliphatic hydroxyl groups is 1. The van der Waals surface area contributed by atoms with Gasteiger partial charge in [-0.15, -0.1) is 0 Å². The van der Waals surface area contributed by atoms with Crippen LogP contribution in [0.4, 0.5) is 29.1 Å². The molecule has 0 atom stereocenters. The van der Waals surface area contributed by atoms with Crippen LogP contribution in [0, 0.1) is 0 Å². The molecule has 19 rings (SSSR count). The van der Waals surface area contributed by atoms with E-state index in [1.54, 1.807) is 85.5 Å². The van der Waals surface area contributed by atoms with Gasteiger partial charge in [0.25, 0.3) is 11.8 Å². The first-order valence-corrected chi connectivity index (χ1v) is 39.9. The summed E-state index contributed by atoms with van der Waals surface area (Å²) in [6.45, 7) is 8.24. The summed E-state index contributed by atoms with van der Waals surface area (Å²) in [5.41, 5.74) is 40.1. The molecule has 16 aromatic rings. The lowest BCUT2D eigenvalue weighted by molar-refractivity contribution is 0.0939. The minimum atomic E-state index is -3.45. The Morgan fingerprint density at radius 3 is 1.12 bits per heavy atom. The van der Waals surface area contributed by atoms with E-state index in [1.807, 2.05) is 128 Å². The molecule has 0 bridgehead atoms. The summed E-state index contributed by atoms with van der Waals surface area (Å²) in [5, 5.41) is 14.4. The van der Waals surface area contributed by atoms with Crippen molar-refractivity contribution in [1.29, 1.82) is 0 Å². The van der Waals surface area contributed by atoms with E-state index in [1.165, 1.54) is 17.1 Å². The number of anilines is 5. The molecule has 12 heterocycles. The van der Waals surface area contributed by atoms with Crippen LogP contribution in [0.2, 0.25) is 0 Å². The van der Waals surface area contributed by atoms with Crippen LogP contribution >= 0.6 is 0 Å². The van der Waals surface area contributed by atoms with E-state index < -0.39 is 10.0 Å². The van der Waals surface area contributed by atoms with Crippen molar-refractivity contribution in [2.45, 2.75) is 30.6 Å². The third-order valence-electron chi connectivity index (χ3n) is 20.1. The second-order valence-corrected chi connectivity index (χ2v) is 29.9. The molecule has 3 aliphatic heterocycles. The van der Waals surface area contributed by atoms with E-state index in [-0.39, 0.29) is 55.8 Å². The predicted octanol–water partition coefficient (Wildman–Crippen LogP) is 13.1. The summed E-state index contributed by atoms with van der Waals surface area (Å²) in [6, 6.07) is 55.9. The Bertz CT molecular complexity index is 6280. The number of imidazole rings is 4. The average molecular weight is 1620 g/mol. The molecule has 0 unspecified atom stereocenters. The molecule has 7 aromatic carbocycles. The average Bonchev–Trinajstić information content (AvgIpc) is 1.57. The second kappa shape index (κ2) is 35.2. The number of nitrogens with zero attached hydrogens (tertiary/aromatic N) is 16. The highest BCUT2D eigenvalue weighted by Crippen LogP contribution is 2.33. The lowest BCUT2D eigenvalue weighted by Crippen LogP contribution is -2.36. The number of nitrogens with one attached hydrogen (secondary N) is 6. The Hall–Kier alpha value is -14.4. The molecular formula is C85H102N26O6S. The van der Waals surface area contributed by atoms with Crippen molar-refractivity contribution in [1.82, 2.24) is 105 Å². The number of nitrogen functional groups attached to an aromatic ring is 4. The van der Waals surface area contributed by atoms with Crippen molar-refractivity contribution in [3.05, 3.63) is 224 Å². The van der Waals surface area contributed by atoms with Gasteiger partial charge in [0.15, 0.2) is 46.6 Å². The Morgan fingerprint density at radius 1 is 0.407 bits per heavy atom. The number of rotatable bonds is 18. The number of ether oxygens (including phenoxy) is 1. The highest BCUT2D eigenvalue weighted by atomic mass is 32.2. The Morgan fingerprint density at radius 2 is 0.754 bits per heavy atom. The summed E-state index contributed by atoms with van der Waals surface area (Å²) in [7, 11) is -3.45. The summed E-state index contributed by atoms with van der Waals surface area (Å²) in [4.78, 5) is 101. The van der Waals surface area contributed by atoms with E-state index in [0.29, 0.717) is 111 Å². The van der Waals surface area contributed by atoms with Crippen molar-refractivity contribution in [2.75, 3.05) is 107 Å². The first-order valence-electron chi connectivity index (χ1n) is 38.4. The third-order valence-corrected chi connectivity index (χ3v) is 22.0. The number of para-hydroxylation sites is 8. The molecule has 0 radical (unpaired) electrons. The largest absolute Gasteiger partial charge is 0.395 e. The Balaban J connectivity index is 0.000000257. The van der Waals surface area contributed by atoms with Gasteiger partial charge in [-0.3, -0.25) is 9.59 Å². The number of carbonyl (C=O) groups excluding carboxylic acids is 2. The van der Waals surface area contributed by atoms with E-state index in [4.69, 9.17) is 37.8 Å². The predicted molar refractivity (Wildman–Crippen MR) is 475 cm³/mol. The number of hydrogen-bond donors (Lipinski definition) is 11. The van der Waals surface area contributed by atoms with Crippen molar-refractivity contribution in [2.24, 2.45) is 0 Å². The maximum absolute atomic E-state index is 12.7. The summed E-state index contributed by atoms with van der Waals surface area (Å²) in [5.74, 6) is 4.08. The van der Waals surface area contributed by atoms with Gasteiger partial charge in [-0.1, -0.05) is 84.9 Å². The fourth-order valence-corrected chi connectivity index (χ4v) is 15.3. The molecule has 15 N–H and O–H groups in total. The number of likely N-dealkylation sites (tertiary alicyclic amines) is 1. The van der Waals surface area contributed by atoms with E-state index in [0.717, 1.165) is 131 Å². The van der Waals surface area contributed by atoms with Gasteiger partial charge in [0, 0.05) is 99.7 Å². The number of aliphatic hydroxyl groups excluding tert-OH is 1. The second-order valence-electron chi connectivity index (χ2n) is 27.9. The number of hydrogen-bond acceptors (Lipinski definition) is 25. The van der Waals surface area contributed by atoms with Gasteiger partial charge in [0.1, 0.15) is 28.6 Å². The molecule has 3 saturated heterocycles. The topological polar surface area (TPSA) is 466 Å². The maximum Gasteiger partial charge on any atom is 0.251 e. The summed E-state index contributed by atoms with van der Waals surface area (Å²) in [6.07, 6.45) is 12.6. The quantitative estimate of drug-likeness (QED) is 0.0380. The number of H-pyrrole nitrogens is 4. The number of fused-ring (bicyclic) bond motifs is 4.